The van der Waals surface area contributed by atoms with Gasteiger partial charge in [0.25, 0.3) is 5.91 Å². The number of nitrogens with zero attached hydrogens (tertiary/aromatic N) is 4. The molecular formula is C25H23FN4O3. The molecule has 1 amide bonds. The zero-order chi connectivity index (χ0) is 23.2. The normalized spacial score (nSPS) is 13.8. The van der Waals surface area contributed by atoms with E-state index in [9.17, 15) is 14.4 Å². The summed E-state index contributed by atoms with van der Waals surface area (Å²) in [5.41, 5.74) is 1.59. The summed E-state index contributed by atoms with van der Waals surface area (Å²) in [6, 6.07) is 15.2. The third kappa shape index (κ3) is 5.21. The number of ether oxygens (including phenoxy) is 1. The summed E-state index contributed by atoms with van der Waals surface area (Å²) in [5.74, 6) is 1.07. The zero-order valence-corrected chi connectivity index (χ0v) is 18.2. The Morgan fingerprint density at radius 2 is 1.82 bits per heavy atom. The van der Waals surface area contributed by atoms with E-state index in [0.29, 0.717) is 50.1 Å². The Hall–Kier alpha value is -4.12. The quantitative estimate of drug-likeness (QED) is 0.564. The van der Waals surface area contributed by atoms with Gasteiger partial charge >= 0.3 is 0 Å². The van der Waals surface area contributed by atoms with Gasteiger partial charge in [-0.25, -0.2) is 4.39 Å². The molecular weight excluding hydrogens is 423 g/mol. The van der Waals surface area contributed by atoms with Crippen LogP contribution >= 0.6 is 0 Å². The topological polar surface area (TPSA) is 82.6 Å². The van der Waals surface area contributed by atoms with Crippen molar-refractivity contribution < 1.29 is 18.3 Å². The molecule has 2 heterocycles. The summed E-state index contributed by atoms with van der Waals surface area (Å²) < 4.78 is 24.3. The number of oxazole rings is 1. The van der Waals surface area contributed by atoms with Gasteiger partial charge in [-0.2, -0.15) is 10.2 Å². The molecule has 0 unspecified atom stereocenters. The first-order chi connectivity index (χ1) is 16.1. The van der Waals surface area contributed by atoms with E-state index in [1.807, 2.05) is 11.8 Å². The van der Waals surface area contributed by atoms with Crippen LogP contribution in [-0.4, -0.2) is 48.6 Å². The van der Waals surface area contributed by atoms with E-state index < -0.39 is 0 Å². The molecule has 1 saturated heterocycles. The highest BCUT2D eigenvalue weighted by Crippen LogP contribution is 2.25. The Labute approximate surface area is 191 Å². The van der Waals surface area contributed by atoms with Gasteiger partial charge in [0.05, 0.1) is 6.61 Å². The van der Waals surface area contributed by atoms with Crippen LogP contribution < -0.4 is 9.64 Å². The lowest BCUT2D eigenvalue weighted by atomic mass is 10.1. The Bertz CT molecular complexity index is 1170. The smallest absolute Gasteiger partial charge is 0.253 e. The first-order valence-electron chi connectivity index (χ1n) is 10.7. The minimum atomic E-state index is -0.308. The first-order valence-corrected chi connectivity index (χ1v) is 10.7. The van der Waals surface area contributed by atoms with Crippen LogP contribution in [0.1, 0.15) is 34.4 Å². The van der Waals surface area contributed by atoms with E-state index in [1.54, 1.807) is 53.5 Å². The second-order valence-corrected chi connectivity index (χ2v) is 7.44. The Kier molecular flexibility index (Phi) is 6.69. The summed E-state index contributed by atoms with van der Waals surface area (Å²) in [6.07, 6.45) is 3.38. The molecule has 1 fully saturated rings. The van der Waals surface area contributed by atoms with Crippen molar-refractivity contribution >= 4 is 23.9 Å². The Morgan fingerprint density at radius 1 is 1.12 bits per heavy atom. The Balaban J connectivity index is 1.40. The SMILES string of the molecule is CCOc1ccc(C(=O)N2CCN(c3oc(C=Cc4ccc(F)cc4)nc3C#N)CC2)cc1. The summed E-state index contributed by atoms with van der Waals surface area (Å²) in [5, 5.41) is 9.49. The summed E-state index contributed by atoms with van der Waals surface area (Å²) in [4.78, 5) is 20.8. The average molecular weight is 446 g/mol. The monoisotopic (exact) mass is 446 g/mol. The van der Waals surface area contributed by atoms with E-state index in [4.69, 9.17) is 9.15 Å². The number of rotatable bonds is 6. The summed E-state index contributed by atoms with van der Waals surface area (Å²) in [6.45, 7) is 4.53. The van der Waals surface area contributed by atoms with Gasteiger partial charge in [-0.1, -0.05) is 12.1 Å². The number of benzene rings is 2. The van der Waals surface area contributed by atoms with Crippen LogP contribution in [0.2, 0.25) is 0 Å². The number of nitriles is 1. The van der Waals surface area contributed by atoms with Gasteiger partial charge in [-0.3, -0.25) is 4.79 Å². The third-order valence-electron chi connectivity index (χ3n) is 5.29. The minimum Gasteiger partial charge on any atom is -0.494 e. The molecule has 0 radical (unpaired) electrons. The molecule has 1 aliphatic rings. The van der Waals surface area contributed by atoms with Crippen molar-refractivity contribution in [3.63, 3.8) is 0 Å². The summed E-state index contributed by atoms with van der Waals surface area (Å²) >= 11 is 0. The lowest BCUT2D eigenvalue weighted by molar-refractivity contribution is 0.0745. The van der Waals surface area contributed by atoms with Crippen molar-refractivity contribution in [2.75, 3.05) is 37.7 Å². The number of amides is 1. The maximum Gasteiger partial charge on any atom is 0.253 e. The van der Waals surface area contributed by atoms with Gasteiger partial charge in [0, 0.05) is 37.8 Å². The second kappa shape index (κ2) is 10.0. The van der Waals surface area contributed by atoms with E-state index in [-0.39, 0.29) is 17.4 Å². The molecule has 8 heteroatoms. The third-order valence-corrected chi connectivity index (χ3v) is 5.29. The average Bonchev–Trinajstić information content (AvgIpc) is 3.27. The van der Waals surface area contributed by atoms with Crippen LogP contribution in [0.15, 0.2) is 52.9 Å². The molecule has 0 spiro atoms. The van der Waals surface area contributed by atoms with Crippen LogP contribution in [0, 0.1) is 17.1 Å². The van der Waals surface area contributed by atoms with Crippen molar-refractivity contribution in [1.82, 2.24) is 9.88 Å². The van der Waals surface area contributed by atoms with Crippen molar-refractivity contribution in [3.05, 3.63) is 77.1 Å². The van der Waals surface area contributed by atoms with Gasteiger partial charge in [-0.15, -0.1) is 0 Å². The number of hydrogen-bond donors (Lipinski definition) is 0. The first kappa shape index (κ1) is 22.1. The van der Waals surface area contributed by atoms with Gasteiger partial charge in [0.2, 0.25) is 17.5 Å². The van der Waals surface area contributed by atoms with Crippen LogP contribution in [0.25, 0.3) is 12.2 Å². The standard InChI is InChI=1S/C25H23FN4O3/c1-2-32-21-10-6-19(7-11-21)24(31)29-13-15-30(16-14-29)25-22(17-27)28-23(33-25)12-5-18-3-8-20(26)9-4-18/h3-12H,2,13-16H2,1H3. The number of carbonyl (C=O) groups is 1. The predicted molar refractivity (Wildman–Crippen MR) is 122 cm³/mol. The van der Waals surface area contributed by atoms with Crippen LogP contribution in [-0.2, 0) is 0 Å². The highest BCUT2D eigenvalue weighted by molar-refractivity contribution is 5.94. The molecule has 3 aromatic rings. The fraction of sp³-hybridized carbons (Fsp3) is 0.240. The van der Waals surface area contributed by atoms with Gasteiger partial charge in [0.15, 0.2) is 0 Å². The molecule has 4 rings (SSSR count). The van der Waals surface area contributed by atoms with E-state index >= 15 is 0 Å². The number of carbonyl (C=O) groups excluding carboxylic acids is 1. The van der Waals surface area contributed by atoms with E-state index in [0.717, 1.165) is 11.3 Å². The predicted octanol–water partition coefficient (Wildman–Crippen LogP) is 4.22. The molecule has 0 bridgehead atoms. The highest BCUT2D eigenvalue weighted by atomic mass is 19.1. The molecule has 2 aromatic carbocycles. The van der Waals surface area contributed by atoms with Crippen LogP contribution in [0.4, 0.5) is 10.3 Å². The van der Waals surface area contributed by atoms with Crippen molar-refractivity contribution in [2.24, 2.45) is 0 Å². The summed E-state index contributed by atoms with van der Waals surface area (Å²) in [7, 11) is 0. The molecule has 0 aliphatic carbocycles. The number of hydrogen-bond acceptors (Lipinski definition) is 6. The molecule has 0 N–H and O–H groups in total. The maximum atomic E-state index is 13.1. The number of aromatic nitrogens is 1. The van der Waals surface area contributed by atoms with Gasteiger partial charge in [-0.05, 0) is 55.0 Å². The minimum absolute atomic E-state index is 0.0429. The largest absolute Gasteiger partial charge is 0.494 e. The molecule has 0 saturated carbocycles. The molecule has 1 aromatic heterocycles. The lowest BCUT2D eigenvalue weighted by Gasteiger charge is -2.34. The van der Waals surface area contributed by atoms with Crippen molar-refractivity contribution in [1.29, 1.82) is 5.26 Å². The lowest BCUT2D eigenvalue weighted by Crippen LogP contribution is -2.48. The molecule has 7 nitrogen and oxygen atoms in total. The highest BCUT2D eigenvalue weighted by Gasteiger charge is 2.26. The molecule has 0 atom stereocenters. The van der Waals surface area contributed by atoms with Crippen LogP contribution in [0.5, 0.6) is 5.75 Å². The Morgan fingerprint density at radius 3 is 2.45 bits per heavy atom. The molecule has 1 aliphatic heterocycles. The number of halogens is 1. The van der Waals surface area contributed by atoms with Crippen molar-refractivity contribution in [3.8, 4) is 11.8 Å². The molecule has 168 valence electrons. The fourth-order valence-electron chi connectivity index (χ4n) is 3.58. The second-order valence-electron chi connectivity index (χ2n) is 7.44. The number of piperazine rings is 1. The van der Waals surface area contributed by atoms with Crippen LogP contribution in [0.3, 0.4) is 0 Å². The van der Waals surface area contributed by atoms with Gasteiger partial charge in [0.1, 0.15) is 17.6 Å². The number of anilines is 1. The zero-order valence-electron chi connectivity index (χ0n) is 18.2. The van der Waals surface area contributed by atoms with Gasteiger partial charge < -0.3 is 19.0 Å². The maximum absolute atomic E-state index is 13.1. The van der Waals surface area contributed by atoms with E-state index in [1.165, 1.54) is 12.1 Å². The fourth-order valence-corrected chi connectivity index (χ4v) is 3.58. The van der Waals surface area contributed by atoms with Crippen molar-refractivity contribution in [2.45, 2.75) is 6.92 Å². The van der Waals surface area contributed by atoms with E-state index in [2.05, 4.69) is 11.1 Å². The molecule has 33 heavy (non-hydrogen) atoms.